The first-order chi connectivity index (χ1) is 10.1. The average Bonchev–Trinajstić information content (AvgIpc) is 2.50. The van der Waals surface area contributed by atoms with Gasteiger partial charge >= 0.3 is 0 Å². The van der Waals surface area contributed by atoms with Crippen molar-refractivity contribution in [3.63, 3.8) is 0 Å². The zero-order valence-electron chi connectivity index (χ0n) is 12.4. The van der Waals surface area contributed by atoms with Gasteiger partial charge in [-0.2, -0.15) is 0 Å². The Hall–Kier alpha value is -1.80. The second-order valence-corrected chi connectivity index (χ2v) is 5.43. The first-order valence-electron chi connectivity index (χ1n) is 7.15. The number of rotatable bonds is 6. The molecule has 21 heavy (non-hydrogen) atoms. The molecular formula is C18H19ClO2. The van der Waals surface area contributed by atoms with Crippen molar-refractivity contribution < 1.29 is 9.53 Å². The number of benzene rings is 2. The van der Waals surface area contributed by atoms with Crippen molar-refractivity contribution in [1.29, 1.82) is 0 Å². The van der Waals surface area contributed by atoms with Crippen molar-refractivity contribution in [2.24, 2.45) is 0 Å². The summed E-state index contributed by atoms with van der Waals surface area (Å²) >= 11 is 6.07. The van der Waals surface area contributed by atoms with Crippen LogP contribution in [0.3, 0.4) is 0 Å². The van der Waals surface area contributed by atoms with Gasteiger partial charge in [0.25, 0.3) is 0 Å². The predicted molar refractivity (Wildman–Crippen MR) is 86.5 cm³/mol. The van der Waals surface area contributed by atoms with Crippen molar-refractivity contribution in [1.82, 2.24) is 0 Å². The predicted octanol–water partition coefficient (Wildman–Crippen LogP) is 5.06. The van der Waals surface area contributed by atoms with Gasteiger partial charge in [-0.3, -0.25) is 4.79 Å². The van der Waals surface area contributed by atoms with E-state index in [-0.39, 0.29) is 5.78 Å². The van der Waals surface area contributed by atoms with Gasteiger partial charge in [-0.1, -0.05) is 37.1 Å². The third-order valence-electron chi connectivity index (χ3n) is 3.32. The molecule has 0 aliphatic heterocycles. The van der Waals surface area contributed by atoms with Crippen LogP contribution >= 0.6 is 11.6 Å². The highest BCUT2D eigenvalue weighted by molar-refractivity contribution is 6.31. The SMILES string of the molecule is CCCCOc1ccc(C(=O)c2ccc(C)c(Cl)c2)cc1. The third-order valence-corrected chi connectivity index (χ3v) is 3.72. The maximum atomic E-state index is 12.4. The lowest BCUT2D eigenvalue weighted by Gasteiger charge is -2.07. The summed E-state index contributed by atoms with van der Waals surface area (Å²) in [6.45, 7) is 4.74. The molecule has 0 aromatic heterocycles. The fourth-order valence-electron chi connectivity index (χ4n) is 1.94. The topological polar surface area (TPSA) is 26.3 Å². The molecule has 0 fully saturated rings. The van der Waals surface area contributed by atoms with Gasteiger partial charge in [0.05, 0.1) is 6.61 Å². The molecule has 0 heterocycles. The molecule has 0 atom stereocenters. The van der Waals surface area contributed by atoms with Gasteiger partial charge in [-0.15, -0.1) is 0 Å². The van der Waals surface area contributed by atoms with Crippen LogP contribution in [0, 0.1) is 6.92 Å². The minimum Gasteiger partial charge on any atom is -0.494 e. The van der Waals surface area contributed by atoms with E-state index in [9.17, 15) is 4.79 Å². The highest BCUT2D eigenvalue weighted by Gasteiger charge is 2.10. The number of hydrogen-bond donors (Lipinski definition) is 0. The van der Waals surface area contributed by atoms with E-state index in [0.29, 0.717) is 22.8 Å². The number of halogens is 1. The second-order valence-electron chi connectivity index (χ2n) is 5.02. The Labute approximate surface area is 130 Å². The fourth-order valence-corrected chi connectivity index (χ4v) is 2.12. The van der Waals surface area contributed by atoms with Crippen LogP contribution in [0.15, 0.2) is 42.5 Å². The number of carbonyl (C=O) groups is 1. The minimum atomic E-state index is -0.0305. The summed E-state index contributed by atoms with van der Waals surface area (Å²) in [5, 5.41) is 0.611. The van der Waals surface area contributed by atoms with Crippen LogP contribution in [0.25, 0.3) is 0 Å². The van der Waals surface area contributed by atoms with Crippen LogP contribution in [0.4, 0.5) is 0 Å². The highest BCUT2D eigenvalue weighted by atomic mass is 35.5. The highest BCUT2D eigenvalue weighted by Crippen LogP contribution is 2.20. The van der Waals surface area contributed by atoms with Gasteiger partial charge in [0, 0.05) is 16.1 Å². The Bertz CT molecular complexity index is 618. The van der Waals surface area contributed by atoms with E-state index in [1.54, 1.807) is 24.3 Å². The molecule has 0 aliphatic carbocycles. The maximum Gasteiger partial charge on any atom is 0.193 e. The summed E-state index contributed by atoms with van der Waals surface area (Å²) < 4.78 is 5.59. The van der Waals surface area contributed by atoms with Crippen LogP contribution in [0.5, 0.6) is 5.75 Å². The smallest absolute Gasteiger partial charge is 0.193 e. The quantitative estimate of drug-likeness (QED) is 0.551. The second kappa shape index (κ2) is 7.28. The lowest BCUT2D eigenvalue weighted by Crippen LogP contribution is -2.02. The summed E-state index contributed by atoms with van der Waals surface area (Å²) in [7, 11) is 0. The average molecular weight is 303 g/mol. The van der Waals surface area contributed by atoms with Gasteiger partial charge in [0.1, 0.15) is 5.75 Å². The number of ether oxygens (including phenoxy) is 1. The van der Waals surface area contributed by atoms with Crippen LogP contribution in [-0.2, 0) is 0 Å². The Kier molecular flexibility index (Phi) is 5.40. The molecule has 0 spiro atoms. The van der Waals surface area contributed by atoms with E-state index in [0.717, 1.165) is 24.2 Å². The Morgan fingerprint density at radius 3 is 2.38 bits per heavy atom. The van der Waals surface area contributed by atoms with E-state index in [1.807, 2.05) is 25.1 Å². The summed E-state index contributed by atoms with van der Waals surface area (Å²) in [6, 6.07) is 12.6. The molecule has 0 amide bonds. The molecule has 110 valence electrons. The third kappa shape index (κ3) is 4.08. The van der Waals surface area contributed by atoms with Gasteiger partial charge in [-0.25, -0.2) is 0 Å². The van der Waals surface area contributed by atoms with Crippen molar-refractivity contribution in [3.05, 3.63) is 64.2 Å². The van der Waals surface area contributed by atoms with Crippen LogP contribution in [0.1, 0.15) is 41.3 Å². The standard InChI is InChI=1S/C18H19ClO2/c1-3-4-11-21-16-9-7-14(8-10-16)18(20)15-6-5-13(2)17(19)12-15/h5-10,12H,3-4,11H2,1-2H3. The molecule has 2 nitrogen and oxygen atoms in total. The van der Waals surface area contributed by atoms with Crippen molar-refractivity contribution in [2.75, 3.05) is 6.61 Å². The molecule has 2 aromatic carbocycles. The van der Waals surface area contributed by atoms with Gasteiger partial charge in [0.15, 0.2) is 5.78 Å². The molecule has 0 radical (unpaired) electrons. The summed E-state index contributed by atoms with van der Waals surface area (Å²) in [5.74, 6) is 0.763. The van der Waals surface area contributed by atoms with Crippen LogP contribution in [0.2, 0.25) is 5.02 Å². The van der Waals surface area contributed by atoms with Gasteiger partial charge < -0.3 is 4.74 Å². The van der Waals surface area contributed by atoms with Gasteiger partial charge in [0.2, 0.25) is 0 Å². The molecule has 0 bridgehead atoms. The molecule has 0 N–H and O–H groups in total. The van der Waals surface area contributed by atoms with Crippen LogP contribution in [-0.4, -0.2) is 12.4 Å². The lowest BCUT2D eigenvalue weighted by molar-refractivity contribution is 0.103. The van der Waals surface area contributed by atoms with Crippen LogP contribution < -0.4 is 4.74 Å². The number of aryl methyl sites for hydroxylation is 1. The minimum absolute atomic E-state index is 0.0305. The number of carbonyl (C=O) groups excluding carboxylic acids is 1. The van der Waals surface area contributed by atoms with Crippen molar-refractivity contribution in [3.8, 4) is 5.75 Å². The fraction of sp³-hybridized carbons (Fsp3) is 0.278. The normalized spacial score (nSPS) is 10.4. The first-order valence-corrected chi connectivity index (χ1v) is 7.53. The molecule has 3 heteroatoms. The number of unbranched alkanes of at least 4 members (excludes halogenated alkanes) is 1. The van der Waals surface area contributed by atoms with E-state index in [2.05, 4.69) is 6.92 Å². The molecule has 0 saturated carbocycles. The zero-order valence-corrected chi connectivity index (χ0v) is 13.1. The van der Waals surface area contributed by atoms with E-state index in [1.165, 1.54) is 0 Å². The number of hydrogen-bond acceptors (Lipinski definition) is 2. The number of ketones is 1. The monoisotopic (exact) mass is 302 g/mol. The summed E-state index contributed by atoms with van der Waals surface area (Å²) in [6.07, 6.45) is 2.13. The maximum absolute atomic E-state index is 12.4. The Morgan fingerprint density at radius 1 is 1.10 bits per heavy atom. The summed E-state index contributed by atoms with van der Waals surface area (Å²) in [4.78, 5) is 12.4. The lowest BCUT2D eigenvalue weighted by atomic mass is 10.0. The first kappa shape index (κ1) is 15.6. The molecular weight excluding hydrogens is 284 g/mol. The van der Waals surface area contributed by atoms with E-state index in [4.69, 9.17) is 16.3 Å². The zero-order chi connectivity index (χ0) is 15.2. The van der Waals surface area contributed by atoms with E-state index < -0.39 is 0 Å². The molecule has 0 saturated heterocycles. The van der Waals surface area contributed by atoms with Crippen molar-refractivity contribution >= 4 is 17.4 Å². The molecule has 2 rings (SSSR count). The van der Waals surface area contributed by atoms with E-state index >= 15 is 0 Å². The Morgan fingerprint density at radius 2 is 1.76 bits per heavy atom. The molecule has 0 aliphatic rings. The summed E-state index contributed by atoms with van der Waals surface area (Å²) in [5.41, 5.74) is 2.20. The van der Waals surface area contributed by atoms with Gasteiger partial charge in [-0.05, 0) is 49.2 Å². The molecule has 0 unspecified atom stereocenters. The molecule has 2 aromatic rings. The van der Waals surface area contributed by atoms with Crippen molar-refractivity contribution in [2.45, 2.75) is 26.7 Å². The Balaban J connectivity index is 2.10. The largest absolute Gasteiger partial charge is 0.494 e.